The quantitative estimate of drug-likeness (QED) is 0.591. The van der Waals surface area contributed by atoms with E-state index in [9.17, 15) is 4.79 Å². The number of amides is 1. The maximum Gasteiger partial charge on any atom is 0.226 e. The second kappa shape index (κ2) is 5.30. The van der Waals surface area contributed by atoms with Crippen LogP contribution < -0.4 is 16.0 Å². The van der Waals surface area contributed by atoms with Crippen molar-refractivity contribution in [3.63, 3.8) is 0 Å². The van der Waals surface area contributed by atoms with E-state index in [-0.39, 0.29) is 5.91 Å². The van der Waals surface area contributed by atoms with Crippen LogP contribution in [-0.2, 0) is 4.79 Å². The molecule has 0 saturated heterocycles. The third-order valence-corrected chi connectivity index (χ3v) is 2.46. The summed E-state index contributed by atoms with van der Waals surface area (Å²) in [7, 11) is 3.35. The van der Waals surface area contributed by atoms with Gasteiger partial charge in [-0.2, -0.15) is 15.1 Å². The first-order valence-electron chi connectivity index (χ1n) is 5.58. The molecule has 0 bridgehead atoms. The van der Waals surface area contributed by atoms with E-state index in [1.807, 2.05) is 0 Å². The zero-order chi connectivity index (χ0) is 13.0. The van der Waals surface area contributed by atoms with Crippen LogP contribution in [0.4, 0.5) is 11.8 Å². The van der Waals surface area contributed by atoms with Gasteiger partial charge in [-0.15, -0.1) is 0 Å². The Labute approximate surface area is 104 Å². The molecule has 4 N–H and O–H groups in total. The normalized spacial score (nSPS) is 10.3. The summed E-state index contributed by atoms with van der Waals surface area (Å²) in [6, 6.07) is 0. The molecule has 0 aliphatic rings. The summed E-state index contributed by atoms with van der Waals surface area (Å²) in [5, 5.41) is 16.0. The molecule has 0 radical (unpaired) electrons. The van der Waals surface area contributed by atoms with Crippen molar-refractivity contribution in [1.82, 2.24) is 25.5 Å². The second-order valence-corrected chi connectivity index (χ2v) is 3.63. The summed E-state index contributed by atoms with van der Waals surface area (Å²) in [5.41, 5.74) is 0.650. The van der Waals surface area contributed by atoms with Crippen molar-refractivity contribution in [1.29, 1.82) is 0 Å². The Morgan fingerprint density at radius 1 is 1.39 bits per heavy atom. The molecule has 0 spiro atoms. The van der Waals surface area contributed by atoms with E-state index in [2.05, 4.69) is 36.1 Å². The van der Waals surface area contributed by atoms with E-state index < -0.39 is 0 Å². The molecule has 0 unspecified atom stereocenters. The topological polar surface area (TPSA) is 108 Å². The van der Waals surface area contributed by atoms with Crippen LogP contribution in [0.15, 0.2) is 6.20 Å². The van der Waals surface area contributed by atoms with Crippen molar-refractivity contribution >= 4 is 28.7 Å². The lowest BCUT2D eigenvalue weighted by Crippen LogP contribution is -2.21. The van der Waals surface area contributed by atoms with Gasteiger partial charge in [-0.05, 0) is 0 Å². The predicted molar refractivity (Wildman–Crippen MR) is 68.4 cm³/mol. The lowest BCUT2D eigenvalue weighted by Gasteiger charge is -2.07. The van der Waals surface area contributed by atoms with Crippen molar-refractivity contribution in [2.45, 2.75) is 6.42 Å². The maximum atomic E-state index is 11.1. The van der Waals surface area contributed by atoms with E-state index >= 15 is 0 Å². The molecule has 0 aromatic carbocycles. The predicted octanol–water partition coefficient (Wildman–Crippen LogP) is -0.0574. The fraction of sp³-hybridized carbons (Fsp3) is 0.400. The lowest BCUT2D eigenvalue weighted by atomic mass is 10.3. The molecule has 8 nitrogen and oxygen atoms in total. The number of hydrogen-bond acceptors (Lipinski definition) is 6. The van der Waals surface area contributed by atoms with E-state index in [0.717, 1.165) is 5.39 Å². The highest BCUT2D eigenvalue weighted by Crippen LogP contribution is 2.19. The van der Waals surface area contributed by atoms with Gasteiger partial charge in [-0.25, -0.2) is 0 Å². The van der Waals surface area contributed by atoms with Crippen LogP contribution in [0.25, 0.3) is 11.0 Å². The Kier molecular flexibility index (Phi) is 3.56. The van der Waals surface area contributed by atoms with Gasteiger partial charge in [0.25, 0.3) is 0 Å². The van der Waals surface area contributed by atoms with Gasteiger partial charge < -0.3 is 16.0 Å². The summed E-state index contributed by atoms with van der Waals surface area (Å²) in [6.45, 7) is 0.500. The molecular formula is C10H15N7O. The Balaban J connectivity index is 2.15. The van der Waals surface area contributed by atoms with Crippen LogP contribution in [0.5, 0.6) is 0 Å². The molecule has 1 amide bonds. The molecule has 18 heavy (non-hydrogen) atoms. The monoisotopic (exact) mass is 249 g/mol. The minimum atomic E-state index is -0.0196. The molecule has 0 aliphatic heterocycles. The fourth-order valence-electron chi connectivity index (χ4n) is 1.50. The Morgan fingerprint density at radius 2 is 2.22 bits per heavy atom. The number of hydrogen-bond donors (Lipinski definition) is 4. The number of fused-ring (bicyclic) bond motifs is 1. The number of aromatic nitrogens is 4. The van der Waals surface area contributed by atoms with Crippen LogP contribution in [0, 0.1) is 0 Å². The van der Waals surface area contributed by atoms with Gasteiger partial charge in [0.15, 0.2) is 5.65 Å². The molecule has 0 fully saturated rings. The first-order valence-corrected chi connectivity index (χ1v) is 5.58. The molecule has 2 aromatic heterocycles. The van der Waals surface area contributed by atoms with Crippen molar-refractivity contribution in [3.8, 4) is 0 Å². The van der Waals surface area contributed by atoms with E-state index in [0.29, 0.717) is 30.4 Å². The number of anilines is 2. The van der Waals surface area contributed by atoms with Crippen LogP contribution in [0.2, 0.25) is 0 Å². The Morgan fingerprint density at radius 3 is 2.94 bits per heavy atom. The average molecular weight is 249 g/mol. The molecule has 2 aromatic rings. The van der Waals surface area contributed by atoms with Crippen LogP contribution in [-0.4, -0.2) is 46.7 Å². The van der Waals surface area contributed by atoms with Crippen molar-refractivity contribution in [2.24, 2.45) is 0 Å². The molecule has 2 heterocycles. The highest BCUT2D eigenvalue weighted by atomic mass is 16.1. The van der Waals surface area contributed by atoms with Crippen LogP contribution >= 0.6 is 0 Å². The second-order valence-electron chi connectivity index (χ2n) is 3.63. The number of H-pyrrole nitrogens is 1. The number of aromatic amines is 1. The fourth-order valence-corrected chi connectivity index (χ4v) is 1.50. The molecule has 2 rings (SSSR count). The minimum absolute atomic E-state index is 0.0196. The first-order chi connectivity index (χ1) is 8.74. The minimum Gasteiger partial charge on any atom is -0.369 e. The highest BCUT2D eigenvalue weighted by Gasteiger charge is 2.08. The van der Waals surface area contributed by atoms with Crippen molar-refractivity contribution in [2.75, 3.05) is 31.3 Å². The summed E-state index contributed by atoms with van der Waals surface area (Å²) in [4.78, 5) is 19.6. The van der Waals surface area contributed by atoms with Gasteiger partial charge in [0.2, 0.25) is 11.9 Å². The van der Waals surface area contributed by atoms with E-state index in [1.165, 1.54) is 0 Å². The third-order valence-electron chi connectivity index (χ3n) is 2.46. The number of nitrogens with one attached hydrogen (secondary N) is 4. The number of carbonyl (C=O) groups excluding carboxylic acids is 1. The van der Waals surface area contributed by atoms with Gasteiger partial charge >= 0.3 is 0 Å². The van der Waals surface area contributed by atoms with E-state index in [1.54, 1.807) is 20.3 Å². The van der Waals surface area contributed by atoms with E-state index in [4.69, 9.17) is 0 Å². The molecule has 8 heteroatoms. The average Bonchev–Trinajstić information content (AvgIpc) is 2.86. The van der Waals surface area contributed by atoms with Crippen LogP contribution in [0.3, 0.4) is 0 Å². The molecule has 0 aliphatic carbocycles. The standard InChI is InChI=1S/C10H15N7O/c1-11-7(18)3-4-13-8-6-5-14-17-9(6)16-10(12-2)15-8/h5H,3-4H2,1-2H3,(H,11,18)(H3,12,13,14,15,16,17). The summed E-state index contributed by atoms with van der Waals surface area (Å²) in [6.07, 6.45) is 2.03. The van der Waals surface area contributed by atoms with Gasteiger partial charge in [0, 0.05) is 27.1 Å². The number of carbonyl (C=O) groups is 1. The van der Waals surface area contributed by atoms with Crippen molar-refractivity contribution in [3.05, 3.63) is 6.20 Å². The van der Waals surface area contributed by atoms with Gasteiger partial charge in [0.05, 0.1) is 11.6 Å². The molecule has 0 saturated carbocycles. The highest BCUT2D eigenvalue weighted by molar-refractivity contribution is 5.87. The maximum absolute atomic E-state index is 11.1. The Bertz CT molecular complexity index is 550. The molecule has 0 atom stereocenters. The van der Waals surface area contributed by atoms with Crippen LogP contribution in [0.1, 0.15) is 6.42 Å². The summed E-state index contributed by atoms with van der Waals surface area (Å²) in [5.74, 6) is 1.13. The summed E-state index contributed by atoms with van der Waals surface area (Å²) >= 11 is 0. The lowest BCUT2D eigenvalue weighted by molar-refractivity contribution is -0.120. The first kappa shape index (κ1) is 12.1. The largest absolute Gasteiger partial charge is 0.369 e. The van der Waals surface area contributed by atoms with Gasteiger partial charge in [0.1, 0.15) is 5.82 Å². The number of rotatable bonds is 5. The summed E-state index contributed by atoms with van der Waals surface area (Å²) < 4.78 is 0. The van der Waals surface area contributed by atoms with Crippen molar-refractivity contribution < 1.29 is 4.79 Å². The third kappa shape index (κ3) is 2.47. The zero-order valence-corrected chi connectivity index (χ0v) is 10.2. The Hall–Kier alpha value is -2.38. The zero-order valence-electron chi connectivity index (χ0n) is 10.2. The SMILES string of the molecule is CNC(=O)CCNc1nc(NC)nc2[nH]ncc12. The van der Waals surface area contributed by atoms with Gasteiger partial charge in [-0.1, -0.05) is 0 Å². The number of nitrogens with zero attached hydrogens (tertiary/aromatic N) is 3. The van der Waals surface area contributed by atoms with Gasteiger partial charge in [-0.3, -0.25) is 9.89 Å². The molecular weight excluding hydrogens is 234 g/mol. The smallest absolute Gasteiger partial charge is 0.226 e. The molecule has 96 valence electrons.